The highest BCUT2D eigenvalue weighted by atomic mass is 15.3. The third kappa shape index (κ3) is 2.83. The number of likely N-dealkylation sites (N-methyl/N-ethyl adjacent to an activating group) is 1. The normalized spacial score (nSPS) is 38.6. The van der Waals surface area contributed by atoms with Crippen LogP contribution >= 0.6 is 0 Å². The highest BCUT2D eigenvalue weighted by Crippen LogP contribution is 2.35. The maximum Gasteiger partial charge on any atom is 0.0254 e. The molecule has 1 heterocycles. The van der Waals surface area contributed by atoms with Gasteiger partial charge in [-0.2, -0.15) is 0 Å². The lowest BCUT2D eigenvalue weighted by Crippen LogP contribution is -2.50. The lowest BCUT2D eigenvalue weighted by molar-refractivity contribution is 0.0760. The average Bonchev–Trinajstić information content (AvgIpc) is 2.59. The van der Waals surface area contributed by atoms with E-state index >= 15 is 0 Å². The zero-order valence-corrected chi connectivity index (χ0v) is 11.9. The molecule has 0 radical (unpaired) electrons. The first-order valence-electron chi connectivity index (χ1n) is 7.24. The molecule has 2 aliphatic rings. The van der Waals surface area contributed by atoms with Crippen molar-refractivity contribution in [1.29, 1.82) is 0 Å². The van der Waals surface area contributed by atoms with Crippen molar-refractivity contribution in [1.82, 2.24) is 15.1 Å². The van der Waals surface area contributed by atoms with Crippen LogP contribution in [0, 0.1) is 11.8 Å². The number of nitrogens with one attached hydrogen (secondary N) is 1. The predicted molar refractivity (Wildman–Crippen MR) is 73.3 cm³/mol. The molecule has 17 heavy (non-hydrogen) atoms. The van der Waals surface area contributed by atoms with Gasteiger partial charge in [0.1, 0.15) is 0 Å². The second kappa shape index (κ2) is 5.68. The Morgan fingerprint density at radius 1 is 1.24 bits per heavy atom. The minimum absolute atomic E-state index is 0.760. The van der Waals surface area contributed by atoms with Gasteiger partial charge in [-0.15, -0.1) is 0 Å². The number of nitrogens with zero attached hydrogens (tertiary/aromatic N) is 2. The summed E-state index contributed by atoms with van der Waals surface area (Å²) in [5.74, 6) is 1.73. The Bertz CT molecular complexity index is 242. The second-order valence-electron chi connectivity index (χ2n) is 6.17. The lowest BCUT2D eigenvalue weighted by atomic mass is 9.78. The van der Waals surface area contributed by atoms with E-state index in [1.165, 1.54) is 32.5 Å². The van der Waals surface area contributed by atoms with E-state index in [4.69, 9.17) is 0 Å². The summed E-state index contributed by atoms with van der Waals surface area (Å²) in [5, 5.41) is 3.51. The predicted octanol–water partition coefficient (Wildman–Crippen LogP) is 1.26. The van der Waals surface area contributed by atoms with Crippen LogP contribution < -0.4 is 5.32 Å². The molecule has 100 valence electrons. The quantitative estimate of drug-likeness (QED) is 0.779. The molecule has 3 heteroatoms. The van der Waals surface area contributed by atoms with E-state index in [2.05, 4.69) is 43.1 Å². The number of rotatable bonds is 5. The molecule has 1 saturated heterocycles. The molecule has 4 atom stereocenters. The molecular formula is C14H29N3. The van der Waals surface area contributed by atoms with Gasteiger partial charge < -0.3 is 10.2 Å². The van der Waals surface area contributed by atoms with Crippen LogP contribution in [-0.2, 0) is 0 Å². The highest BCUT2D eigenvalue weighted by Gasteiger charge is 2.41. The minimum atomic E-state index is 0.760. The van der Waals surface area contributed by atoms with E-state index in [0.717, 1.165) is 30.5 Å². The molecule has 0 aromatic carbocycles. The summed E-state index contributed by atoms with van der Waals surface area (Å²) in [6.45, 7) is 9.52. The summed E-state index contributed by atoms with van der Waals surface area (Å²) < 4.78 is 0. The van der Waals surface area contributed by atoms with Gasteiger partial charge in [-0.25, -0.2) is 0 Å². The Hall–Kier alpha value is -0.120. The lowest BCUT2D eigenvalue weighted by Gasteiger charge is -2.43. The monoisotopic (exact) mass is 239 g/mol. The Balaban J connectivity index is 1.83. The molecule has 1 N–H and O–H groups in total. The van der Waals surface area contributed by atoms with Crippen molar-refractivity contribution in [2.24, 2.45) is 11.8 Å². The van der Waals surface area contributed by atoms with Crippen LogP contribution in [0.25, 0.3) is 0 Å². The molecule has 0 aromatic heterocycles. The molecule has 0 aromatic rings. The fraction of sp³-hybridized carbons (Fsp3) is 1.00. The van der Waals surface area contributed by atoms with E-state index in [0.29, 0.717) is 0 Å². The second-order valence-corrected chi connectivity index (χ2v) is 6.17. The summed E-state index contributed by atoms with van der Waals surface area (Å²) >= 11 is 0. The van der Waals surface area contributed by atoms with Gasteiger partial charge in [0.15, 0.2) is 0 Å². The summed E-state index contributed by atoms with van der Waals surface area (Å²) in [5.41, 5.74) is 0. The van der Waals surface area contributed by atoms with Crippen LogP contribution in [0.4, 0.5) is 0 Å². The maximum atomic E-state index is 3.51. The van der Waals surface area contributed by atoms with Crippen molar-refractivity contribution >= 4 is 0 Å². The maximum absolute atomic E-state index is 3.51. The van der Waals surface area contributed by atoms with E-state index in [1.807, 2.05) is 0 Å². The molecule has 0 bridgehead atoms. The van der Waals surface area contributed by atoms with E-state index in [9.17, 15) is 0 Å². The topological polar surface area (TPSA) is 18.5 Å². The average molecular weight is 239 g/mol. The first-order valence-corrected chi connectivity index (χ1v) is 7.24. The van der Waals surface area contributed by atoms with Gasteiger partial charge in [0.05, 0.1) is 0 Å². The summed E-state index contributed by atoms with van der Waals surface area (Å²) in [7, 11) is 4.45. The number of hydrogen-bond acceptors (Lipinski definition) is 3. The molecule has 0 amide bonds. The van der Waals surface area contributed by atoms with Crippen LogP contribution in [0.15, 0.2) is 0 Å². The van der Waals surface area contributed by atoms with Crippen LogP contribution in [0.5, 0.6) is 0 Å². The Morgan fingerprint density at radius 2 is 2.00 bits per heavy atom. The first-order chi connectivity index (χ1) is 8.13. The molecular weight excluding hydrogens is 210 g/mol. The smallest absolute Gasteiger partial charge is 0.0254 e. The third-order valence-electron chi connectivity index (χ3n) is 4.77. The molecule has 2 rings (SSSR count). The van der Waals surface area contributed by atoms with Gasteiger partial charge in [0, 0.05) is 25.2 Å². The molecule has 4 unspecified atom stereocenters. The molecule has 3 nitrogen and oxygen atoms in total. The fourth-order valence-electron chi connectivity index (χ4n) is 3.53. The van der Waals surface area contributed by atoms with Gasteiger partial charge in [0.25, 0.3) is 0 Å². The van der Waals surface area contributed by atoms with Crippen LogP contribution in [0.1, 0.15) is 26.7 Å². The van der Waals surface area contributed by atoms with Crippen molar-refractivity contribution in [3.63, 3.8) is 0 Å². The van der Waals surface area contributed by atoms with Crippen molar-refractivity contribution in [2.45, 2.75) is 38.8 Å². The largest absolute Gasteiger partial charge is 0.317 e. The first kappa shape index (κ1) is 13.3. The number of likely N-dealkylation sites (tertiary alicyclic amines) is 1. The van der Waals surface area contributed by atoms with Gasteiger partial charge in [-0.05, 0) is 51.9 Å². The summed E-state index contributed by atoms with van der Waals surface area (Å²) in [6.07, 6.45) is 2.85. The zero-order valence-electron chi connectivity index (χ0n) is 11.9. The highest BCUT2D eigenvalue weighted by molar-refractivity contribution is 4.96. The SMILES string of the molecule is CCNCC1CCC1N1CC(C)C(N(C)C)C1. The molecule has 1 saturated carbocycles. The van der Waals surface area contributed by atoms with Crippen molar-refractivity contribution < 1.29 is 0 Å². The summed E-state index contributed by atoms with van der Waals surface area (Å²) in [6, 6.07) is 1.62. The fourth-order valence-corrected chi connectivity index (χ4v) is 3.53. The molecule has 1 aliphatic carbocycles. The molecule has 1 aliphatic heterocycles. The molecule has 2 fully saturated rings. The number of hydrogen-bond donors (Lipinski definition) is 1. The van der Waals surface area contributed by atoms with Crippen LogP contribution in [-0.4, -0.2) is 62.2 Å². The standard InChI is InChI=1S/C14H29N3/c1-5-15-8-12-6-7-13(12)17-9-11(2)14(10-17)16(3)4/h11-15H,5-10H2,1-4H3. The van der Waals surface area contributed by atoms with Gasteiger partial charge in [-0.1, -0.05) is 13.8 Å². The van der Waals surface area contributed by atoms with Gasteiger partial charge in [0.2, 0.25) is 0 Å². The van der Waals surface area contributed by atoms with Crippen molar-refractivity contribution in [2.75, 3.05) is 40.3 Å². The van der Waals surface area contributed by atoms with Gasteiger partial charge in [-0.3, -0.25) is 4.90 Å². The minimum Gasteiger partial charge on any atom is -0.317 e. The molecule has 0 spiro atoms. The van der Waals surface area contributed by atoms with Crippen molar-refractivity contribution in [3.05, 3.63) is 0 Å². The van der Waals surface area contributed by atoms with E-state index < -0.39 is 0 Å². The van der Waals surface area contributed by atoms with Crippen LogP contribution in [0.3, 0.4) is 0 Å². The van der Waals surface area contributed by atoms with Crippen molar-refractivity contribution in [3.8, 4) is 0 Å². The third-order valence-corrected chi connectivity index (χ3v) is 4.77. The Morgan fingerprint density at radius 3 is 2.47 bits per heavy atom. The zero-order chi connectivity index (χ0) is 12.4. The summed E-state index contributed by atoms with van der Waals surface area (Å²) in [4.78, 5) is 5.16. The van der Waals surface area contributed by atoms with Gasteiger partial charge >= 0.3 is 0 Å². The Labute approximate surface area is 107 Å². The van der Waals surface area contributed by atoms with E-state index in [1.54, 1.807) is 0 Å². The van der Waals surface area contributed by atoms with Crippen LogP contribution in [0.2, 0.25) is 0 Å². The Kier molecular flexibility index (Phi) is 4.45. The van der Waals surface area contributed by atoms with E-state index in [-0.39, 0.29) is 0 Å².